The van der Waals surface area contributed by atoms with E-state index in [1.54, 1.807) is 23.1 Å². The van der Waals surface area contributed by atoms with Gasteiger partial charge in [0, 0.05) is 18.2 Å². The van der Waals surface area contributed by atoms with Crippen molar-refractivity contribution in [3.8, 4) is 0 Å². The van der Waals surface area contributed by atoms with Gasteiger partial charge in [-0.3, -0.25) is 9.59 Å². The Morgan fingerprint density at radius 3 is 2.64 bits per heavy atom. The van der Waals surface area contributed by atoms with E-state index in [-0.39, 0.29) is 17.7 Å². The fourth-order valence-electron chi connectivity index (χ4n) is 3.52. The number of anilines is 1. The maximum absolute atomic E-state index is 12.9. The van der Waals surface area contributed by atoms with Crippen LogP contribution in [-0.4, -0.2) is 29.3 Å². The van der Waals surface area contributed by atoms with Crippen molar-refractivity contribution in [1.29, 1.82) is 0 Å². The summed E-state index contributed by atoms with van der Waals surface area (Å²) in [5.41, 5.74) is 0.595. The minimum Gasteiger partial charge on any atom is -0.330 e. The van der Waals surface area contributed by atoms with Gasteiger partial charge in [0.25, 0.3) is 0 Å². The Bertz CT molecular complexity index is 690. The molecular weight excluding hydrogens is 359 g/mol. The number of halogens is 2. The first-order valence-electron chi connectivity index (χ1n) is 8.77. The third kappa shape index (κ3) is 4.36. The Balaban J connectivity index is 1.71. The van der Waals surface area contributed by atoms with Crippen LogP contribution in [0.25, 0.3) is 0 Å². The van der Waals surface area contributed by atoms with Gasteiger partial charge in [0.1, 0.15) is 6.04 Å². The number of nitrogens with zero attached hydrogens (tertiary/aromatic N) is 1. The molecule has 0 spiro atoms. The summed E-state index contributed by atoms with van der Waals surface area (Å²) in [5, 5.41) is 3.72. The molecule has 1 saturated heterocycles. The van der Waals surface area contributed by atoms with Crippen molar-refractivity contribution in [1.82, 2.24) is 4.90 Å². The number of allylic oxidation sites excluding steroid dienone is 2. The minimum absolute atomic E-state index is 0.00313. The second-order valence-corrected chi connectivity index (χ2v) is 7.46. The molecule has 25 heavy (non-hydrogen) atoms. The van der Waals surface area contributed by atoms with E-state index in [2.05, 4.69) is 17.5 Å². The lowest BCUT2D eigenvalue weighted by molar-refractivity contribution is -0.144. The highest BCUT2D eigenvalue weighted by Crippen LogP contribution is 2.28. The molecule has 1 aromatic rings. The second kappa shape index (κ2) is 8.24. The van der Waals surface area contributed by atoms with E-state index in [1.165, 1.54) is 0 Å². The number of amides is 2. The van der Waals surface area contributed by atoms with Gasteiger partial charge in [0.2, 0.25) is 11.8 Å². The number of hydrogen-bond acceptors (Lipinski definition) is 2. The molecule has 3 rings (SSSR count). The van der Waals surface area contributed by atoms with Gasteiger partial charge in [-0.05, 0) is 56.7 Å². The number of carbonyl (C=O) groups excluding carboxylic acids is 2. The van der Waals surface area contributed by atoms with Crippen molar-refractivity contribution >= 4 is 40.7 Å². The normalized spacial score (nSPS) is 23.4. The average molecular weight is 381 g/mol. The van der Waals surface area contributed by atoms with Crippen molar-refractivity contribution in [3.63, 3.8) is 0 Å². The highest BCUT2D eigenvalue weighted by Gasteiger charge is 2.35. The van der Waals surface area contributed by atoms with Gasteiger partial charge in [-0.1, -0.05) is 35.4 Å². The standard InChI is InChI=1S/C19H22Cl2N2O2/c20-15-10-9-14(12-16(15)21)22-18(24)17-8-4-5-11-23(17)19(25)13-6-2-1-3-7-13/h1-2,9-10,12-13,17H,3-8,11H2,(H,22,24). The summed E-state index contributed by atoms with van der Waals surface area (Å²) in [6, 6.07) is 4.58. The predicted octanol–water partition coefficient (Wildman–Crippen LogP) is 4.67. The summed E-state index contributed by atoms with van der Waals surface area (Å²) in [6.07, 6.45) is 9.36. The Labute approximate surface area is 158 Å². The minimum atomic E-state index is -0.415. The highest BCUT2D eigenvalue weighted by atomic mass is 35.5. The van der Waals surface area contributed by atoms with Crippen molar-refractivity contribution in [2.75, 3.05) is 11.9 Å². The Morgan fingerprint density at radius 2 is 1.92 bits per heavy atom. The van der Waals surface area contributed by atoms with Gasteiger partial charge < -0.3 is 10.2 Å². The number of benzene rings is 1. The van der Waals surface area contributed by atoms with E-state index in [1.807, 2.05) is 0 Å². The summed E-state index contributed by atoms with van der Waals surface area (Å²) >= 11 is 11.9. The third-order valence-electron chi connectivity index (χ3n) is 4.89. The molecule has 2 unspecified atom stereocenters. The Hall–Kier alpha value is -1.52. The fourth-order valence-corrected chi connectivity index (χ4v) is 3.82. The summed E-state index contributed by atoms with van der Waals surface area (Å²) in [5.74, 6) is -0.0421. The number of nitrogens with one attached hydrogen (secondary N) is 1. The van der Waals surface area contributed by atoms with E-state index >= 15 is 0 Å². The van der Waals surface area contributed by atoms with Crippen LogP contribution < -0.4 is 5.32 Å². The molecule has 2 atom stereocenters. The van der Waals surface area contributed by atoms with Gasteiger partial charge in [0.05, 0.1) is 10.0 Å². The zero-order valence-electron chi connectivity index (χ0n) is 14.0. The van der Waals surface area contributed by atoms with E-state index < -0.39 is 6.04 Å². The van der Waals surface area contributed by atoms with Crippen LogP contribution in [0.5, 0.6) is 0 Å². The van der Waals surface area contributed by atoms with Gasteiger partial charge >= 0.3 is 0 Å². The van der Waals surface area contributed by atoms with E-state index in [4.69, 9.17) is 23.2 Å². The summed E-state index contributed by atoms with van der Waals surface area (Å²) in [6.45, 7) is 0.651. The van der Waals surface area contributed by atoms with E-state index in [9.17, 15) is 9.59 Å². The molecule has 6 heteroatoms. The second-order valence-electron chi connectivity index (χ2n) is 6.64. The molecule has 1 aromatic carbocycles. The first-order valence-corrected chi connectivity index (χ1v) is 9.53. The lowest BCUT2D eigenvalue weighted by atomic mass is 9.91. The van der Waals surface area contributed by atoms with Crippen LogP contribution in [0.1, 0.15) is 38.5 Å². The van der Waals surface area contributed by atoms with Crippen molar-refractivity contribution < 1.29 is 9.59 Å². The summed E-state index contributed by atoms with van der Waals surface area (Å²) in [4.78, 5) is 27.4. The SMILES string of the molecule is O=C(Nc1ccc(Cl)c(Cl)c1)C1CCCCN1C(=O)C1CC=CCC1. The molecule has 0 saturated carbocycles. The molecule has 2 amide bonds. The largest absolute Gasteiger partial charge is 0.330 e. The molecule has 2 aliphatic rings. The van der Waals surface area contributed by atoms with Crippen LogP contribution in [0.15, 0.2) is 30.4 Å². The topological polar surface area (TPSA) is 49.4 Å². The van der Waals surface area contributed by atoms with E-state index in [0.717, 1.165) is 32.1 Å². The van der Waals surface area contributed by atoms with Crippen LogP contribution >= 0.6 is 23.2 Å². The molecule has 1 fully saturated rings. The number of piperidine rings is 1. The smallest absolute Gasteiger partial charge is 0.247 e. The predicted molar refractivity (Wildman–Crippen MR) is 101 cm³/mol. The van der Waals surface area contributed by atoms with Crippen LogP contribution in [-0.2, 0) is 9.59 Å². The first kappa shape index (κ1) is 18.3. The molecule has 0 bridgehead atoms. The van der Waals surface area contributed by atoms with Gasteiger partial charge in [-0.15, -0.1) is 0 Å². The number of rotatable bonds is 3. The van der Waals surface area contributed by atoms with Crippen molar-refractivity contribution in [3.05, 3.63) is 40.4 Å². The molecule has 1 aliphatic carbocycles. The molecular formula is C19H22Cl2N2O2. The Kier molecular flexibility index (Phi) is 6.02. The number of likely N-dealkylation sites (tertiary alicyclic amines) is 1. The zero-order chi connectivity index (χ0) is 17.8. The summed E-state index contributed by atoms with van der Waals surface area (Å²) in [7, 11) is 0. The molecule has 134 valence electrons. The average Bonchev–Trinajstić information content (AvgIpc) is 2.65. The quantitative estimate of drug-likeness (QED) is 0.774. The van der Waals surface area contributed by atoms with Crippen LogP contribution in [0.4, 0.5) is 5.69 Å². The lowest BCUT2D eigenvalue weighted by Crippen LogP contribution is -2.51. The molecule has 1 aliphatic heterocycles. The van der Waals surface area contributed by atoms with Crippen LogP contribution in [0.2, 0.25) is 10.0 Å². The fraction of sp³-hybridized carbons (Fsp3) is 0.474. The maximum Gasteiger partial charge on any atom is 0.247 e. The van der Waals surface area contributed by atoms with Crippen molar-refractivity contribution in [2.24, 2.45) is 5.92 Å². The Morgan fingerprint density at radius 1 is 1.08 bits per heavy atom. The maximum atomic E-state index is 12.9. The first-order chi connectivity index (χ1) is 12.1. The van der Waals surface area contributed by atoms with Crippen LogP contribution in [0, 0.1) is 5.92 Å². The third-order valence-corrected chi connectivity index (χ3v) is 5.63. The molecule has 4 nitrogen and oxygen atoms in total. The number of hydrogen-bond donors (Lipinski definition) is 1. The lowest BCUT2D eigenvalue weighted by Gasteiger charge is -2.37. The zero-order valence-corrected chi connectivity index (χ0v) is 15.5. The van der Waals surface area contributed by atoms with Crippen LogP contribution in [0.3, 0.4) is 0 Å². The van der Waals surface area contributed by atoms with Crippen molar-refractivity contribution in [2.45, 2.75) is 44.6 Å². The molecule has 0 radical (unpaired) electrons. The molecule has 1 N–H and O–H groups in total. The number of carbonyl (C=O) groups is 2. The van der Waals surface area contributed by atoms with Gasteiger partial charge in [0.15, 0.2) is 0 Å². The van der Waals surface area contributed by atoms with Gasteiger partial charge in [-0.25, -0.2) is 0 Å². The molecule has 1 heterocycles. The van der Waals surface area contributed by atoms with E-state index in [0.29, 0.717) is 28.7 Å². The summed E-state index contributed by atoms with van der Waals surface area (Å²) < 4.78 is 0. The highest BCUT2D eigenvalue weighted by molar-refractivity contribution is 6.42. The van der Waals surface area contributed by atoms with Gasteiger partial charge in [-0.2, -0.15) is 0 Å². The monoisotopic (exact) mass is 380 g/mol. The molecule has 0 aromatic heterocycles.